The van der Waals surface area contributed by atoms with Crippen LogP contribution in [0.2, 0.25) is 0 Å². The van der Waals surface area contributed by atoms with Gasteiger partial charge in [-0.05, 0) is 19.1 Å². The molecule has 0 saturated carbocycles. The normalized spacial score (nSPS) is 11.3. The highest BCUT2D eigenvalue weighted by Gasteiger charge is 2.30. The van der Waals surface area contributed by atoms with Crippen LogP contribution in [0.25, 0.3) is 0 Å². The number of alkyl halides is 3. The molecule has 0 fully saturated rings. The number of carbonyl (C=O) groups is 1. The number of hydrogen-bond acceptors (Lipinski definition) is 5. The summed E-state index contributed by atoms with van der Waals surface area (Å²) in [7, 11) is 1.53. The zero-order valence-corrected chi connectivity index (χ0v) is 13.2. The van der Waals surface area contributed by atoms with E-state index in [4.69, 9.17) is 0 Å². The van der Waals surface area contributed by atoms with Crippen molar-refractivity contribution in [3.8, 4) is 5.75 Å². The largest absolute Gasteiger partial charge is 0.482 e. The summed E-state index contributed by atoms with van der Waals surface area (Å²) in [4.78, 5) is 21.8. The maximum atomic E-state index is 12.4. The van der Waals surface area contributed by atoms with E-state index in [0.29, 0.717) is 0 Å². The van der Waals surface area contributed by atoms with Crippen molar-refractivity contribution in [2.45, 2.75) is 19.6 Å². The first-order chi connectivity index (χ1) is 10.8. The van der Waals surface area contributed by atoms with Gasteiger partial charge in [0.1, 0.15) is 5.01 Å². The minimum atomic E-state index is -4.49. The average molecular weight is 345 g/mol. The van der Waals surface area contributed by atoms with Gasteiger partial charge < -0.3 is 9.64 Å². The molecule has 1 amide bonds. The third kappa shape index (κ3) is 4.92. The van der Waals surface area contributed by atoms with E-state index in [-0.39, 0.29) is 18.0 Å². The van der Waals surface area contributed by atoms with Gasteiger partial charge >= 0.3 is 6.18 Å². The number of thiazole rings is 1. The number of rotatable bonds is 5. The lowest BCUT2D eigenvalue weighted by Gasteiger charge is -2.17. The molecule has 0 bridgehead atoms. The first kappa shape index (κ1) is 17.2. The number of amides is 1. The van der Waals surface area contributed by atoms with Crippen molar-refractivity contribution in [3.05, 3.63) is 40.1 Å². The summed E-state index contributed by atoms with van der Waals surface area (Å²) in [5.74, 6) is -0.729. The molecule has 0 unspecified atom stereocenters. The molecule has 2 aromatic heterocycles. The van der Waals surface area contributed by atoms with Crippen LogP contribution >= 0.6 is 11.3 Å². The average Bonchev–Trinajstić information content (AvgIpc) is 2.89. The molecule has 0 aliphatic rings. The Morgan fingerprint density at radius 2 is 2.17 bits per heavy atom. The number of ether oxygens (including phenoxy) is 1. The highest BCUT2D eigenvalue weighted by atomic mass is 32.1. The number of aromatic nitrogens is 2. The Labute approximate surface area is 134 Å². The van der Waals surface area contributed by atoms with E-state index in [9.17, 15) is 18.0 Å². The molecule has 0 N–H and O–H groups in total. The van der Waals surface area contributed by atoms with Crippen LogP contribution in [0, 0.1) is 6.92 Å². The summed E-state index contributed by atoms with van der Waals surface area (Å²) in [6.45, 7) is 0.602. The van der Waals surface area contributed by atoms with E-state index in [1.165, 1.54) is 41.6 Å². The number of nitrogens with zero attached hydrogens (tertiary/aromatic N) is 3. The lowest BCUT2D eigenvalue weighted by molar-refractivity contribution is -0.153. The van der Waals surface area contributed by atoms with E-state index in [1.807, 2.05) is 12.3 Å². The summed E-state index contributed by atoms with van der Waals surface area (Å²) >= 11 is 1.40. The Morgan fingerprint density at radius 1 is 1.43 bits per heavy atom. The van der Waals surface area contributed by atoms with Crippen molar-refractivity contribution >= 4 is 17.2 Å². The highest BCUT2D eigenvalue weighted by molar-refractivity contribution is 7.09. The van der Waals surface area contributed by atoms with Gasteiger partial charge in [0.2, 0.25) is 0 Å². The fourth-order valence-corrected chi connectivity index (χ4v) is 2.58. The molecule has 5 nitrogen and oxygen atoms in total. The Balaban J connectivity index is 2.12. The van der Waals surface area contributed by atoms with Crippen molar-refractivity contribution in [2.75, 3.05) is 13.7 Å². The molecular weight excluding hydrogens is 331 g/mol. The maximum Gasteiger partial charge on any atom is 0.422 e. The first-order valence-electron chi connectivity index (χ1n) is 6.57. The minimum Gasteiger partial charge on any atom is -0.482 e. The molecular formula is C14H14F3N3O2S. The number of halogens is 3. The summed E-state index contributed by atoms with van der Waals surface area (Å²) in [6.07, 6.45) is -3.16. The van der Waals surface area contributed by atoms with E-state index in [2.05, 4.69) is 14.7 Å². The van der Waals surface area contributed by atoms with Gasteiger partial charge in [-0.15, -0.1) is 11.3 Å². The van der Waals surface area contributed by atoms with Gasteiger partial charge in [-0.25, -0.2) is 9.97 Å². The molecule has 9 heteroatoms. The van der Waals surface area contributed by atoms with E-state index < -0.39 is 18.7 Å². The molecule has 0 aliphatic heterocycles. The van der Waals surface area contributed by atoms with E-state index in [1.54, 1.807) is 0 Å². The number of aryl methyl sites for hydroxylation is 1. The standard InChI is InChI=1S/C14H14F3N3O2S/c1-9-7-23-11(19-9)6-20(2)13(21)12-10(4-3-5-18-12)22-8-14(15,16)17/h3-5,7H,6,8H2,1-2H3. The first-order valence-corrected chi connectivity index (χ1v) is 7.45. The van der Waals surface area contributed by atoms with Gasteiger partial charge in [0.05, 0.1) is 6.54 Å². The second-order valence-electron chi connectivity index (χ2n) is 4.80. The number of carbonyl (C=O) groups excluding carboxylic acids is 1. The quantitative estimate of drug-likeness (QED) is 0.836. The number of hydrogen-bond donors (Lipinski definition) is 0. The molecule has 2 heterocycles. The lowest BCUT2D eigenvalue weighted by atomic mass is 10.3. The monoisotopic (exact) mass is 345 g/mol. The van der Waals surface area contributed by atoms with Crippen LogP contribution in [-0.4, -0.2) is 40.6 Å². The fraction of sp³-hybridized carbons (Fsp3) is 0.357. The molecule has 2 rings (SSSR count). The SMILES string of the molecule is Cc1csc(CN(C)C(=O)c2ncccc2OCC(F)(F)F)n1. The Hall–Kier alpha value is -2.16. The van der Waals surface area contributed by atoms with Crippen molar-refractivity contribution in [1.29, 1.82) is 0 Å². The third-order valence-corrected chi connectivity index (χ3v) is 3.70. The zero-order valence-electron chi connectivity index (χ0n) is 12.4. The van der Waals surface area contributed by atoms with Crippen LogP contribution in [0.5, 0.6) is 5.75 Å². The van der Waals surface area contributed by atoms with Crippen LogP contribution in [-0.2, 0) is 6.54 Å². The zero-order chi connectivity index (χ0) is 17.0. The van der Waals surface area contributed by atoms with Gasteiger partial charge in [-0.1, -0.05) is 0 Å². The van der Waals surface area contributed by atoms with Crippen LogP contribution in [0.1, 0.15) is 21.2 Å². The summed E-state index contributed by atoms with van der Waals surface area (Å²) in [5, 5.41) is 2.58. The van der Waals surface area contributed by atoms with Gasteiger partial charge in [0, 0.05) is 24.3 Å². The second-order valence-corrected chi connectivity index (χ2v) is 5.74. The summed E-state index contributed by atoms with van der Waals surface area (Å²) in [6, 6.07) is 2.69. The minimum absolute atomic E-state index is 0.160. The van der Waals surface area contributed by atoms with Gasteiger partial charge in [0.15, 0.2) is 18.1 Å². The Morgan fingerprint density at radius 3 is 2.78 bits per heavy atom. The third-order valence-electron chi connectivity index (χ3n) is 2.75. The second kappa shape index (κ2) is 6.95. The highest BCUT2D eigenvalue weighted by Crippen LogP contribution is 2.22. The molecule has 0 radical (unpaired) electrons. The van der Waals surface area contributed by atoms with Crippen molar-refractivity contribution in [1.82, 2.24) is 14.9 Å². The summed E-state index contributed by atoms with van der Waals surface area (Å²) < 4.78 is 41.5. The fourth-order valence-electron chi connectivity index (χ4n) is 1.76. The Kier molecular flexibility index (Phi) is 5.19. The predicted molar refractivity (Wildman–Crippen MR) is 78.4 cm³/mol. The smallest absolute Gasteiger partial charge is 0.422 e. The Bertz CT molecular complexity index is 688. The molecule has 124 valence electrons. The molecule has 0 aromatic carbocycles. The van der Waals surface area contributed by atoms with E-state index >= 15 is 0 Å². The lowest BCUT2D eigenvalue weighted by Crippen LogP contribution is -2.28. The molecule has 0 spiro atoms. The van der Waals surface area contributed by atoms with Crippen LogP contribution in [0.4, 0.5) is 13.2 Å². The van der Waals surface area contributed by atoms with Crippen molar-refractivity contribution < 1.29 is 22.7 Å². The van der Waals surface area contributed by atoms with Gasteiger partial charge in [-0.2, -0.15) is 13.2 Å². The molecule has 23 heavy (non-hydrogen) atoms. The van der Waals surface area contributed by atoms with Gasteiger partial charge in [0.25, 0.3) is 5.91 Å². The summed E-state index contributed by atoms with van der Waals surface area (Å²) in [5.41, 5.74) is 0.686. The molecule has 2 aromatic rings. The molecule has 0 aliphatic carbocycles. The molecule has 0 saturated heterocycles. The van der Waals surface area contributed by atoms with Crippen molar-refractivity contribution in [3.63, 3.8) is 0 Å². The van der Waals surface area contributed by atoms with E-state index in [0.717, 1.165) is 10.7 Å². The van der Waals surface area contributed by atoms with Crippen LogP contribution in [0.15, 0.2) is 23.7 Å². The van der Waals surface area contributed by atoms with Crippen LogP contribution in [0.3, 0.4) is 0 Å². The van der Waals surface area contributed by atoms with Gasteiger partial charge in [-0.3, -0.25) is 4.79 Å². The molecule has 0 atom stereocenters. The predicted octanol–water partition coefficient (Wildman–Crippen LogP) is 3.06. The maximum absolute atomic E-state index is 12.4. The topological polar surface area (TPSA) is 55.3 Å². The van der Waals surface area contributed by atoms with Crippen molar-refractivity contribution in [2.24, 2.45) is 0 Å². The number of pyridine rings is 1. The van der Waals surface area contributed by atoms with Crippen LogP contribution < -0.4 is 4.74 Å².